The van der Waals surface area contributed by atoms with Crippen molar-refractivity contribution in [3.63, 3.8) is 0 Å². The van der Waals surface area contributed by atoms with Gasteiger partial charge in [0.1, 0.15) is 19.3 Å². The summed E-state index contributed by atoms with van der Waals surface area (Å²) in [6.45, 7) is 14.2. The van der Waals surface area contributed by atoms with Crippen LogP contribution in [0.15, 0.2) is 0 Å². The van der Waals surface area contributed by atoms with Gasteiger partial charge < -0.3 is 33.8 Å². The van der Waals surface area contributed by atoms with Crippen molar-refractivity contribution in [1.82, 2.24) is 0 Å². The summed E-state index contributed by atoms with van der Waals surface area (Å²) in [5.74, 6) is 0.955. The van der Waals surface area contributed by atoms with Gasteiger partial charge in [0.05, 0.1) is 26.4 Å². The van der Waals surface area contributed by atoms with Gasteiger partial charge >= 0.3 is 39.5 Å². The molecule has 0 spiro atoms. The Bertz CT molecular complexity index is 1960. The molecule has 100 heavy (non-hydrogen) atoms. The molecule has 0 aliphatic carbocycles. The lowest BCUT2D eigenvalue weighted by molar-refractivity contribution is -0.161. The Balaban J connectivity index is 5.18. The molecule has 0 aliphatic heterocycles. The number of hydrogen-bond acceptors (Lipinski definition) is 15. The topological polar surface area (TPSA) is 237 Å². The first kappa shape index (κ1) is 98.1. The van der Waals surface area contributed by atoms with Crippen molar-refractivity contribution in [2.45, 2.75) is 433 Å². The predicted molar refractivity (Wildman–Crippen MR) is 409 cm³/mol. The van der Waals surface area contributed by atoms with E-state index in [2.05, 4.69) is 55.4 Å². The smallest absolute Gasteiger partial charge is 0.462 e. The maximum Gasteiger partial charge on any atom is 0.472 e. The van der Waals surface area contributed by atoms with Crippen LogP contribution in [0.25, 0.3) is 0 Å². The number of unbranched alkanes of at least 4 members (excludes halogenated alkanes) is 43. The van der Waals surface area contributed by atoms with Crippen molar-refractivity contribution in [2.24, 2.45) is 23.7 Å². The van der Waals surface area contributed by atoms with Gasteiger partial charge in [-0.3, -0.25) is 37.3 Å². The fourth-order valence-electron chi connectivity index (χ4n) is 12.4. The molecule has 19 heteroatoms. The van der Waals surface area contributed by atoms with Crippen LogP contribution in [0.5, 0.6) is 0 Å². The van der Waals surface area contributed by atoms with Crippen LogP contribution < -0.4 is 0 Å². The molecule has 0 aromatic carbocycles. The molecule has 0 fully saturated rings. The molecule has 0 saturated carbocycles. The number of aliphatic hydroxyl groups is 1. The summed E-state index contributed by atoms with van der Waals surface area (Å²) in [4.78, 5) is 72.9. The van der Waals surface area contributed by atoms with Gasteiger partial charge in [-0.1, -0.05) is 364 Å². The molecule has 0 radical (unpaired) electrons. The molecule has 0 aromatic rings. The molecule has 3 unspecified atom stereocenters. The Kier molecular flexibility index (Phi) is 68.7. The number of ether oxygens (including phenoxy) is 4. The number of esters is 4. The Morgan fingerprint density at radius 1 is 0.280 bits per heavy atom. The van der Waals surface area contributed by atoms with Crippen LogP contribution in [0.3, 0.4) is 0 Å². The number of hydrogen-bond donors (Lipinski definition) is 3. The van der Waals surface area contributed by atoms with Crippen molar-refractivity contribution in [3.8, 4) is 0 Å². The van der Waals surface area contributed by atoms with Crippen LogP contribution in [0, 0.1) is 23.7 Å². The third-order valence-corrected chi connectivity index (χ3v) is 21.1. The normalized spacial score (nSPS) is 14.3. The molecule has 0 aromatic heterocycles. The summed E-state index contributed by atoms with van der Waals surface area (Å²) < 4.78 is 68.6. The van der Waals surface area contributed by atoms with E-state index in [4.69, 9.17) is 37.0 Å². The van der Waals surface area contributed by atoms with Gasteiger partial charge in [0.15, 0.2) is 12.2 Å². The van der Waals surface area contributed by atoms with Crippen molar-refractivity contribution in [1.29, 1.82) is 0 Å². The van der Waals surface area contributed by atoms with Crippen LogP contribution in [-0.4, -0.2) is 96.7 Å². The minimum Gasteiger partial charge on any atom is -0.462 e. The summed E-state index contributed by atoms with van der Waals surface area (Å²) in [5.41, 5.74) is 0. The fourth-order valence-corrected chi connectivity index (χ4v) is 14.0. The van der Waals surface area contributed by atoms with Crippen LogP contribution in [0.1, 0.15) is 415 Å². The zero-order chi connectivity index (χ0) is 73.8. The van der Waals surface area contributed by atoms with Gasteiger partial charge in [-0.2, -0.15) is 0 Å². The van der Waals surface area contributed by atoms with Crippen LogP contribution >= 0.6 is 15.6 Å². The SMILES string of the molecule is CCC(C)CCCCCCCCCCCCCCCCCCCCC(=O)OC[C@H](COP(=O)(O)OC[C@@H](O)COP(=O)(O)OC[C@@H](COC(=O)CCCCCCCCC(C)C)OC(=O)CCCCCCCCCCC(C)C)OC(=O)CCCCCCCCCCCCCCCCCC(C)C. The number of rotatable bonds is 78. The lowest BCUT2D eigenvalue weighted by Crippen LogP contribution is -2.30. The van der Waals surface area contributed by atoms with Crippen LogP contribution in [0.2, 0.25) is 0 Å². The van der Waals surface area contributed by atoms with E-state index in [0.29, 0.717) is 31.6 Å². The first-order valence-corrected chi connectivity index (χ1v) is 44.7. The van der Waals surface area contributed by atoms with Crippen LogP contribution in [0.4, 0.5) is 0 Å². The molecule has 17 nitrogen and oxygen atoms in total. The summed E-state index contributed by atoms with van der Waals surface area (Å²) in [5, 5.41) is 10.6. The van der Waals surface area contributed by atoms with Gasteiger partial charge in [-0.25, -0.2) is 9.13 Å². The van der Waals surface area contributed by atoms with Gasteiger partial charge in [0.2, 0.25) is 0 Å². The van der Waals surface area contributed by atoms with Gasteiger partial charge in [-0.05, 0) is 49.4 Å². The second-order valence-corrected chi connectivity index (χ2v) is 33.7. The van der Waals surface area contributed by atoms with E-state index in [9.17, 15) is 43.2 Å². The summed E-state index contributed by atoms with van der Waals surface area (Å²) in [6, 6.07) is 0. The van der Waals surface area contributed by atoms with Gasteiger partial charge in [0.25, 0.3) is 0 Å². The lowest BCUT2D eigenvalue weighted by Gasteiger charge is -2.21. The molecular weight excluding hydrogens is 1310 g/mol. The monoisotopic (exact) mass is 1470 g/mol. The minimum atomic E-state index is -4.96. The molecule has 0 heterocycles. The zero-order valence-corrected chi connectivity index (χ0v) is 67.6. The van der Waals surface area contributed by atoms with E-state index in [1.165, 1.54) is 212 Å². The number of phosphoric acid groups is 2. The van der Waals surface area contributed by atoms with Gasteiger partial charge in [-0.15, -0.1) is 0 Å². The summed E-state index contributed by atoms with van der Waals surface area (Å²) >= 11 is 0. The molecular formula is C81H158O17P2. The Labute approximate surface area is 613 Å². The number of carbonyl (C=O) groups excluding carboxylic acids is 4. The zero-order valence-electron chi connectivity index (χ0n) is 65.8. The quantitative estimate of drug-likeness (QED) is 0.0222. The average Bonchev–Trinajstić information content (AvgIpc) is 0.929. The summed E-state index contributed by atoms with van der Waals surface area (Å²) in [6.07, 6.45) is 57.2. The van der Waals surface area contributed by atoms with Crippen molar-refractivity contribution in [3.05, 3.63) is 0 Å². The average molecular weight is 1470 g/mol. The van der Waals surface area contributed by atoms with E-state index < -0.39 is 97.5 Å². The second kappa shape index (κ2) is 70.1. The highest BCUT2D eigenvalue weighted by Gasteiger charge is 2.30. The van der Waals surface area contributed by atoms with Crippen LogP contribution in [-0.2, 0) is 65.4 Å². The molecule has 0 aliphatic rings. The minimum absolute atomic E-state index is 0.103. The molecule has 0 saturated heterocycles. The number of aliphatic hydroxyl groups excluding tert-OH is 1. The maximum absolute atomic E-state index is 13.1. The highest BCUT2D eigenvalue weighted by Crippen LogP contribution is 2.45. The standard InChI is InChI=1S/C81H158O17P2/c1-9-74(8)60-52-44-35-28-24-20-16-12-10-11-13-17-21-25-29-36-45-53-61-78(83)91-67-76(97-80(85)63-55-47-37-30-26-22-18-14-15-19-23-27-33-41-49-57-71(2)3)69-95-99(87,88)93-65-75(82)66-94-100(89,90)96-70-77(68-92-79(84)62-54-46-40-39-43-51-59-73(6)7)98-81(86)64-56-48-38-32-31-34-42-50-58-72(4)5/h71-77,82H,9-70H2,1-8H3,(H,87,88)(H,89,90)/t74?,75-,76-,77-/m1/s1. The van der Waals surface area contributed by atoms with Crippen molar-refractivity contribution in [2.75, 3.05) is 39.6 Å². The molecule has 6 atom stereocenters. The van der Waals surface area contributed by atoms with E-state index >= 15 is 0 Å². The first-order valence-electron chi connectivity index (χ1n) is 41.7. The molecule has 3 N–H and O–H groups in total. The largest absolute Gasteiger partial charge is 0.472 e. The van der Waals surface area contributed by atoms with E-state index in [1.807, 2.05) is 0 Å². The molecule has 594 valence electrons. The Morgan fingerprint density at radius 2 is 0.480 bits per heavy atom. The highest BCUT2D eigenvalue weighted by atomic mass is 31.2. The molecule has 0 amide bonds. The van der Waals surface area contributed by atoms with E-state index in [-0.39, 0.29) is 25.7 Å². The predicted octanol–water partition coefficient (Wildman–Crippen LogP) is 24.0. The Morgan fingerprint density at radius 3 is 0.710 bits per heavy atom. The van der Waals surface area contributed by atoms with E-state index in [1.54, 1.807) is 0 Å². The fraction of sp³-hybridized carbons (Fsp3) is 0.951. The molecule has 0 rings (SSSR count). The second-order valence-electron chi connectivity index (χ2n) is 30.8. The van der Waals surface area contributed by atoms with Crippen molar-refractivity contribution >= 4 is 39.5 Å². The van der Waals surface area contributed by atoms with Crippen molar-refractivity contribution < 1.29 is 80.2 Å². The number of phosphoric ester groups is 2. The number of carbonyl (C=O) groups is 4. The Hall–Kier alpha value is -1.94. The maximum atomic E-state index is 13.1. The lowest BCUT2D eigenvalue weighted by atomic mass is 9.99. The van der Waals surface area contributed by atoms with Gasteiger partial charge in [0, 0.05) is 25.7 Å². The third-order valence-electron chi connectivity index (χ3n) is 19.2. The van der Waals surface area contributed by atoms with E-state index in [0.717, 1.165) is 114 Å². The first-order chi connectivity index (χ1) is 48.1. The highest BCUT2D eigenvalue weighted by molar-refractivity contribution is 7.47. The summed E-state index contributed by atoms with van der Waals surface area (Å²) in [7, 11) is -9.92. The molecule has 0 bridgehead atoms. The third kappa shape index (κ3) is 73.0.